The summed E-state index contributed by atoms with van der Waals surface area (Å²) in [5.74, 6) is -1.42. The lowest BCUT2D eigenvalue weighted by molar-refractivity contribution is -0.138. The third-order valence-corrected chi connectivity index (χ3v) is 2.17. The predicted molar refractivity (Wildman–Crippen MR) is 58.7 cm³/mol. The van der Waals surface area contributed by atoms with Gasteiger partial charge in [0, 0.05) is 0 Å². The number of carboxylic acid groups (broad SMARTS) is 1. The molecule has 1 aromatic carbocycles. The van der Waals surface area contributed by atoms with Crippen molar-refractivity contribution in [3.05, 3.63) is 35.4 Å². The van der Waals surface area contributed by atoms with E-state index in [-0.39, 0.29) is 12.8 Å². The van der Waals surface area contributed by atoms with Crippen molar-refractivity contribution in [2.24, 2.45) is 11.5 Å². The van der Waals surface area contributed by atoms with Gasteiger partial charge in [-0.15, -0.1) is 0 Å². The first-order valence-corrected chi connectivity index (χ1v) is 4.83. The predicted octanol–water partition coefficient (Wildman–Crippen LogP) is -0.331. The van der Waals surface area contributed by atoms with Crippen LogP contribution >= 0.6 is 0 Å². The average molecular weight is 222 g/mol. The van der Waals surface area contributed by atoms with Crippen LogP contribution in [-0.4, -0.2) is 23.0 Å². The quantitative estimate of drug-likeness (QED) is 0.634. The van der Waals surface area contributed by atoms with Gasteiger partial charge in [0.05, 0.1) is 6.42 Å². The average Bonchev–Trinajstić information content (AvgIpc) is 2.20. The first kappa shape index (κ1) is 12.2. The number of amides is 1. The molecule has 1 aromatic rings. The van der Waals surface area contributed by atoms with Gasteiger partial charge in [-0.25, -0.2) is 0 Å². The minimum absolute atomic E-state index is 0.186. The van der Waals surface area contributed by atoms with Gasteiger partial charge in [0.2, 0.25) is 5.91 Å². The van der Waals surface area contributed by atoms with Gasteiger partial charge in [-0.2, -0.15) is 0 Å². The highest BCUT2D eigenvalue weighted by Gasteiger charge is 2.11. The Bertz CT molecular complexity index is 387. The molecule has 5 heteroatoms. The summed E-state index contributed by atoms with van der Waals surface area (Å²) >= 11 is 0. The van der Waals surface area contributed by atoms with Gasteiger partial charge < -0.3 is 16.6 Å². The molecule has 0 bridgehead atoms. The largest absolute Gasteiger partial charge is 0.480 e. The van der Waals surface area contributed by atoms with Gasteiger partial charge in [-0.3, -0.25) is 9.59 Å². The zero-order chi connectivity index (χ0) is 12.1. The van der Waals surface area contributed by atoms with E-state index in [0.29, 0.717) is 0 Å². The van der Waals surface area contributed by atoms with Crippen molar-refractivity contribution in [3.63, 3.8) is 0 Å². The Labute approximate surface area is 93.1 Å². The van der Waals surface area contributed by atoms with E-state index in [2.05, 4.69) is 0 Å². The molecule has 16 heavy (non-hydrogen) atoms. The summed E-state index contributed by atoms with van der Waals surface area (Å²) in [6.07, 6.45) is 0.456. The van der Waals surface area contributed by atoms with E-state index >= 15 is 0 Å². The van der Waals surface area contributed by atoms with Crippen LogP contribution < -0.4 is 11.5 Å². The van der Waals surface area contributed by atoms with Crippen LogP contribution in [0.1, 0.15) is 11.1 Å². The highest BCUT2D eigenvalue weighted by molar-refractivity contribution is 5.76. The highest BCUT2D eigenvalue weighted by atomic mass is 16.4. The van der Waals surface area contributed by atoms with Crippen LogP contribution in [-0.2, 0) is 22.4 Å². The second kappa shape index (κ2) is 5.27. The molecule has 0 fully saturated rings. The van der Waals surface area contributed by atoms with Crippen LogP contribution in [0.4, 0.5) is 0 Å². The molecule has 0 radical (unpaired) electrons. The second-order valence-corrected chi connectivity index (χ2v) is 3.61. The van der Waals surface area contributed by atoms with Crippen molar-refractivity contribution >= 4 is 11.9 Å². The lowest BCUT2D eigenvalue weighted by Gasteiger charge is -2.06. The van der Waals surface area contributed by atoms with Crippen LogP contribution in [0.15, 0.2) is 24.3 Å². The van der Waals surface area contributed by atoms with Crippen molar-refractivity contribution in [2.75, 3.05) is 0 Å². The molecule has 5 N–H and O–H groups in total. The van der Waals surface area contributed by atoms with E-state index < -0.39 is 17.9 Å². The number of aliphatic carboxylic acids is 1. The molecule has 0 aliphatic carbocycles. The first-order valence-electron chi connectivity index (χ1n) is 4.83. The third-order valence-electron chi connectivity index (χ3n) is 2.17. The standard InChI is InChI=1S/C11H14N2O3/c12-9(11(15)16)5-7-1-3-8(4-2-7)6-10(13)14/h1-4,9H,5-6,12H2,(H2,13,14)(H,15,16)/t9-/m0/s1. The third kappa shape index (κ3) is 3.70. The second-order valence-electron chi connectivity index (χ2n) is 3.61. The number of hydrogen-bond acceptors (Lipinski definition) is 3. The van der Waals surface area contributed by atoms with E-state index in [9.17, 15) is 9.59 Å². The summed E-state index contributed by atoms with van der Waals surface area (Å²) in [5.41, 5.74) is 12.1. The summed E-state index contributed by atoms with van der Waals surface area (Å²) in [5, 5.41) is 8.63. The summed E-state index contributed by atoms with van der Waals surface area (Å²) in [6, 6.07) is 6.09. The summed E-state index contributed by atoms with van der Waals surface area (Å²) in [7, 11) is 0. The van der Waals surface area contributed by atoms with Crippen LogP contribution in [0.25, 0.3) is 0 Å². The molecule has 5 nitrogen and oxygen atoms in total. The van der Waals surface area contributed by atoms with E-state index in [4.69, 9.17) is 16.6 Å². The summed E-state index contributed by atoms with van der Waals surface area (Å²) in [4.78, 5) is 21.2. The molecule has 1 rings (SSSR count). The van der Waals surface area contributed by atoms with Gasteiger partial charge in [0.1, 0.15) is 6.04 Å². The van der Waals surface area contributed by atoms with Crippen molar-refractivity contribution in [1.29, 1.82) is 0 Å². The van der Waals surface area contributed by atoms with Crippen molar-refractivity contribution < 1.29 is 14.7 Å². The van der Waals surface area contributed by atoms with Crippen LogP contribution in [0.3, 0.4) is 0 Å². The van der Waals surface area contributed by atoms with Crippen LogP contribution in [0.5, 0.6) is 0 Å². The Kier molecular flexibility index (Phi) is 4.02. The van der Waals surface area contributed by atoms with Crippen molar-refractivity contribution in [1.82, 2.24) is 0 Å². The molecular formula is C11H14N2O3. The van der Waals surface area contributed by atoms with Gasteiger partial charge in [-0.05, 0) is 17.5 Å². The highest BCUT2D eigenvalue weighted by Crippen LogP contribution is 2.07. The molecular weight excluding hydrogens is 208 g/mol. The first-order chi connectivity index (χ1) is 7.49. The van der Waals surface area contributed by atoms with Crippen LogP contribution in [0.2, 0.25) is 0 Å². The Morgan fingerprint density at radius 1 is 1.19 bits per heavy atom. The lowest BCUT2D eigenvalue weighted by Crippen LogP contribution is -2.32. The Hall–Kier alpha value is -1.88. The van der Waals surface area contributed by atoms with E-state index in [0.717, 1.165) is 11.1 Å². The number of primary amides is 1. The topological polar surface area (TPSA) is 106 Å². The monoisotopic (exact) mass is 222 g/mol. The molecule has 0 spiro atoms. The number of rotatable bonds is 5. The molecule has 0 saturated heterocycles. The zero-order valence-corrected chi connectivity index (χ0v) is 8.72. The fraction of sp³-hybridized carbons (Fsp3) is 0.273. The maximum Gasteiger partial charge on any atom is 0.320 e. The number of carbonyl (C=O) groups is 2. The molecule has 1 atom stereocenters. The molecule has 0 unspecified atom stereocenters. The number of hydrogen-bond donors (Lipinski definition) is 3. The Balaban J connectivity index is 2.64. The van der Waals surface area contributed by atoms with Crippen LogP contribution in [0, 0.1) is 0 Å². The normalized spacial score (nSPS) is 12.1. The molecule has 0 aliphatic heterocycles. The molecule has 0 aliphatic rings. The number of nitrogens with two attached hydrogens (primary N) is 2. The van der Waals surface area contributed by atoms with E-state index in [1.165, 1.54) is 0 Å². The summed E-state index contributed by atoms with van der Waals surface area (Å²) < 4.78 is 0. The van der Waals surface area contributed by atoms with Gasteiger partial charge in [0.15, 0.2) is 0 Å². The lowest BCUT2D eigenvalue weighted by atomic mass is 10.0. The molecule has 0 aromatic heterocycles. The molecule has 1 amide bonds. The minimum Gasteiger partial charge on any atom is -0.480 e. The maximum absolute atomic E-state index is 10.6. The number of carboxylic acids is 1. The fourth-order valence-corrected chi connectivity index (χ4v) is 1.34. The molecule has 86 valence electrons. The van der Waals surface area contributed by atoms with Gasteiger partial charge in [0.25, 0.3) is 0 Å². The van der Waals surface area contributed by atoms with E-state index in [1.807, 2.05) is 0 Å². The maximum atomic E-state index is 10.6. The van der Waals surface area contributed by atoms with E-state index in [1.54, 1.807) is 24.3 Å². The number of benzene rings is 1. The zero-order valence-electron chi connectivity index (χ0n) is 8.72. The Morgan fingerprint density at radius 3 is 2.12 bits per heavy atom. The number of carbonyl (C=O) groups excluding carboxylic acids is 1. The summed E-state index contributed by atoms with van der Waals surface area (Å²) in [6.45, 7) is 0. The molecule has 0 heterocycles. The smallest absolute Gasteiger partial charge is 0.320 e. The van der Waals surface area contributed by atoms with Crippen molar-refractivity contribution in [3.8, 4) is 0 Å². The van der Waals surface area contributed by atoms with Gasteiger partial charge in [-0.1, -0.05) is 24.3 Å². The fourth-order valence-electron chi connectivity index (χ4n) is 1.34. The minimum atomic E-state index is -1.03. The Morgan fingerprint density at radius 2 is 1.69 bits per heavy atom. The van der Waals surface area contributed by atoms with Crippen molar-refractivity contribution in [2.45, 2.75) is 18.9 Å². The van der Waals surface area contributed by atoms with Gasteiger partial charge >= 0.3 is 5.97 Å². The SMILES string of the molecule is NC(=O)Cc1ccc(C[C@H](N)C(=O)O)cc1. The molecule has 0 saturated carbocycles.